The van der Waals surface area contributed by atoms with Crippen molar-refractivity contribution in [3.8, 4) is 0 Å². The molecule has 1 N–H and O–H groups in total. The number of hydrogen-bond acceptors (Lipinski definition) is 2. The van der Waals surface area contributed by atoms with Gasteiger partial charge in [-0.1, -0.05) is 20.3 Å². The number of nitrogens with zero attached hydrogens (tertiary/aromatic N) is 1. The first-order valence-electron chi connectivity index (χ1n) is 6.75. The van der Waals surface area contributed by atoms with Crippen LogP contribution in [0.1, 0.15) is 52.9 Å². The van der Waals surface area contributed by atoms with Gasteiger partial charge >= 0.3 is 0 Å². The molecule has 0 aliphatic heterocycles. The fourth-order valence-electron chi connectivity index (χ4n) is 2.03. The minimum Gasteiger partial charge on any atom is -0.313 e. The Morgan fingerprint density at radius 3 is 2.53 bits per heavy atom. The molecule has 90 valence electrons. The first kappa shape index (κ1) is 13.0. The Bertz CT molecular complexity index is 155. The van der Waals surface area contributed by atoms with Crippen LogP contribution in [-0.4, -0.2) is 36.6 Å². The standard InChI is InChI=1S/C13H28N2/c1-4-6-10-15(13-7-8-13)11-12(3)14-9-5-2/h12-14H,4-11H2,1-3H3. The van der Waals surface area contributed by atoms with Crippen LogP contribution in [0.2, 0.25) is 0 Å². The molecule has 1 aliphatic carbocycles. The summed E-state index contributed by atoms with van der Waals surface area (Å²) < 4.78 is 0. The molecule has 1 rings (SSSR count). The van der Waals surface area contributed by atoms with Gasteiger partial charge in [0, 0.05) is 18.6 Å². The summed E-state index contributed by atoms with van der Waals surface area (Å²) in [5.74, 6) is 0. The van der Waals surface area contributed by atoms with Crippen molar-refractivity contribution in [1.82, 2.24) is 10.2 Å². The lowest BCUT2D eigenvalue weighted by Gasteiger charge is -2.26. The summed E-state index contributed by atoms with van der Waals surface area (Å²) in [6.07, 6.45) is 6.79. The van der Waals surface area contributed by atoms with Crippen LogP contribution in [-0.2, 0) is 0 Å². The highest BCUT2D eigenvalue weighted by atomic mass is 15.2. The third kappa shape index (κ3) is 5.53. The molecule has 0 aromatic heterocycles. The second-order valence-corrected chi connectivity index (χ2v) is 4.93. The molecule has 0 saturated heterocycles. The highest BCUT2D eigenvalue weighted by molar-refractivity contribution is 4.86. The molecule has 1 fully saturated rings. The number of hydrogen-bond donors (Lipinski definition) is 1. The fourth-order valence-corrected chi connectivity index (χ4v) is 2.03. The van der Waals surface area contributed by atoms with E-state index in [1.54, 1.807) is 0 Å². The molecule has 0 bridgehead atoms. The quantitative estimate of drug-likeness (QED) is 0.632. The van der Waals surface area contributed by atoms with E-state index in [-0.39, 0.29) is 0 Å². The summed E-state index contributed by atoms with van der Waals surface area (Å²) in [7, 11) is 0. The molecule has 2 heteroatoms. The molecule has 15 heavy (non-hydrogen) atoms. The van der Waals surface area contributed by atoms with Gasteiger partial charge < -0.3 is 5.32 Å². The third-order valence-electron chi connectivity index (χ3n) is 3.11. The summed E-state index contributed by atoms with van der Waals surface area (Å²) in [6.45, 7) is 10.5. The Morgan fingerprint density at radius 2 is 2.00 bits per heavy atom. The Hall–Kier alpha value is -0.0800. The van der Waals surface area contributed by atoms with E-state index in [9.17, 15) is 0 Å². The van der Waals surface area contributed by atoms with E-state index in [0.717, 1.165) is 12.6 Å². The molecular formula is C13H28N2. The van der Waals surface area contributed by atoms with Crippen molar-refractivity contribution in [2.75, 3.05) is 19.6 Å². The van der Waals surface area contributed by atoms with Crippen molar-refractivity contribution < 1.29 is 0 Å². The first-order valence-corrected chi connectivity index (χ1v) is 6.75. The summed E-state index contributed by atoms with van der Waals surface area (Å²) in [6, 6.07) is 1.57. The minimum atomic E-state index is 0.655. The van der Waals surface area contributed by atoms with Crippen LogP contribution in [0.3, 0.4) is 0 Å². The first-order chi connectivity index (χ1) is 7.27. The Labute approximate surface area is 95.4 Å². The van der Waals surface area contributed by atoms with Crippen molar-refractivity contribution in [2.24, 2.45) is 0 Å². The smallest absolute Gasteiger partial charge is 0.0166 e. The van der Waals surface area contributed by atoms with Crippen LogP contribution in [0.4, 0.5) is 0 Å². The van der Waals surface area contributed by atoms with Gasteiger partial charge in [-0.05, 0) is 45.7 Å². The molecule has 2 nitrogen and oxygen atoms in total. The maximum absolute atomic E-state index is 3.58. The van der Waals surface area contributed by atoms with E-state index in [1.807, 2.05) is 0 Å². The summed E-state index contributed by atoms with van der Waals surface area (Å²) in [5, 5.41) is 3.58. The van der Waals surface area contributed by atoms with Crippen molar-refractivity contribution >= 4 is 0 Å². The molecule has 0 aromatic rings. The zero-order valence-electron chi connectivity index (χ0n) is 10.8. The van der Waals surface area contributed by atoms with Crippen LogP contribution in [0.15, 0.2) is 0 Å². The second-order valence-electron chi connectivity index (χ2n) is 4.93. The highest BCUT2D eigenvalue weighted by Crippen LogP contribution is 2.27. The zero-order chi connectivity index (χ0) is 11.1. The molecule has 1 saturated carbocycles. The maximum Gasteiger partial charge on any atom is 0.0166 e. The van der Waals surface area contributed by atoms with Crippen molar-refractivity contribution in [1.29, 1.82) is 0 Å². The normalized spacial score (nSPS) is 18.4. The van der Waals surface area contributed by atoms with Gasteiger partial charge in [0.05, 0.1) is 0 Å². The predicted octanol–water partition coefficient (Wildman–Crippen LogP) is 2.64. The van der Waals surface area contributed by atoms with Gasteiger partial charge in [-0.15, -0.1) is 0 Å². The minimum absolute atomic E-state index is 0.655. The van der Waals surface area contributed by atoms with Gasteiger partial charge in [0.2, 0.25) is 0 Å². The van der Waals surface area contributed by atoms with Gasteiger partial charge in [-0.3, -0.25) is 4.90 Å². The van der Waals surface area contributed by atoms with E-state index >= 15 is 0 Å². The van der Waals surface area contributed by atoms with Crippen LogP contribution in [0, 0.1) is 0 Å². The highest BCUT2D eigenvalue weighted by Gasteiger charge is 2.28. The van der Waals surface area contributed by atoms with Gasteiger partial charge in [0.25, 0.3) is 0 Å². The van der Waals surface area contributed by atoms with Crippen LogP contribution >= 0.6 is 0 Å². The molecule has 0 aromatic carbocycles. The maximum atomic E-state index is 3.58. The van der Waals surface area contributed by atoms with E-state index in [1.165, 1.54) is 45.2 Å². The van der Waals surface area contributed by atoms with Crippen molar-refractivity contribution in [2.45, 2.75) is 65.0 Å². The Morgan fingerprint density at radius 1 is 1.27 bits per heavy atom. The molecule has 0 heterocycles. The number of rotatable bonds is 9. The van der Waals surface area contributed by atoms with Crippen LogP contribution in [0.5, 0.6) is 0 Å². The second kappa shape index (κ2) is 7.24. The van der Waals surface area contributed by atoms with Gasteiger partial charge in [0.1, 0.15) is 0 Å². The van der Waals surface area contributed by atoms with E-state index < -0.39 is 0 Å². The van der Waals surface area contributed by atoms with Gasteiger partial charge in [-0.2, -0.15) is 0 Å². The van der Waals surface area contributed by atoms with E-state index in [2.05, 4.69) is 31.0 Å². The monoisotopic (exact) mass is 212 g/mol. The lowest BCUT2D eigenvalue weighted by Crippen LogP contribution is -2.41. The van der Waals surface area contributed by atoms with Crippen LogP contribution < -0.4 is 5.32 Å². The van der Waals surface area contributed by atoms with Crippen LogP contribution in [0.25, 0.3) is 0 Å². The molecule has 0 amide bonds. The summed E-state index contributed by atoms with van der Waals surface area (Å²) >= 11 is 0. The van der Waals surface area contributed by atoms with Gasteiger partial charge in [-0.25, -0.2) is 0 Å². The molecular weight excluding hydrogens is 184 g/mol. The Balaban J connectivity index is 2.17. The molecule has 1 atom stereocenters. The zero-order valence-corrected chi connectivity index (χ0v) is 10.8. The van der Waals surface area contributed by atoms with E-state index in [4.69, 9.17) is 0 Å². The van der Waals surface area contributed by atoms with E-state index in [0.29, 0.717) is 6.04 Å². The molecule has 1 unspecified atom stereocenters. The third-order valence-corrected chi connectivity index (χ3v) is 3.11. The largest absolute Gasteiger partial charge is 0.313 e. The lowest BCUT2D eigenvalue weighted by atomic mass is 10.2. The molecule has 0 radical (unpaired) electrons. The van der Waals surface area contributed by atoms with Crippen molar-refractivity contribution in [3.63, 3.8) is 0 Å². The molecule has 0 spiro atoms. The average molecular weight is 212 g/mol. The summed E-state index contributed by atoms with van der Waals surface area (Å²) in [4.78, 5) is 2.69. The number of unbranched alkanes of at least 4 members (excludes halogenated alkanes) is 1. The SMILES string of the molecule is CCCCN(CC(C)NCCC)C1CC1. The van der Waals surface area contributed by atoms with Crippen molar-refractivity contribution in [3.05, 3.63) is 0 Å². The summed E-state index contributed by atoms with van der Waals surface area (Å²) in [5.41, 5.74) is 0. The molecule has 1 aliphatic rings. The fraction of sp³-hybridized carbons (Fsp3) is 1.00. The number of nitrogens with one attached hydrogen (secondary N) is 1. The predicted molar refractivity (Wildman–Crippen MR) is 67.3 cm³/mol. The topological polar surface area (TPSA) is 15.3 Å². The van der Waals surface area contributed by atoms with Gasteiger partial charge in [0.15, 0.2) is 0 Å². The lowest BCUT2D eigenvalue weighted by molar-refractivity contribution is 0.234. The Kier molecular flexibility index (Phi) is 6.26. The average Bonchev–Trinajstić information content (AvgIpc) is 3.04.